The summed E-state index contributed by atoms with van der Waals surface area (Å²) in [6.07, 6.45) is 7.60. The first-order valence-electron chi connectivity index (χ1n) is 7.27. The van der Waals surface area contributed by atoms with Gasteiger partial charge in [-0.05, 0) is 19.3 Å². The SMILES string of the molecule is CCCn1cncc1C(CN)N1CCC(OC)CC1. The number of piperidine rings is 1. The Labute approximate surface area is 115 Å². The summed E-state index contributed by atoms with van der Waals surface area (Å²) in [6, 6.07) is 0.284. The number of methoxy groups -OCH3 is 1. The number of aryl methyl sites for hydroxylation is 1. The molecular weight excluding hydrogens is 240 g/mol. The van der Waals surface area contributed by atoms with Crippen LogP contribution in [-0.2, 0) is 11.3 Å². The van der Waals surface area contributed by atoms with Crippen LogP contribution in [0.1, 0.15) is 37.9 Å². The van der Waals surface area contributed by atoms with Crippen LogP contribution in [0.3, 0.4) is 0 Å². The van der Waals surface area contributed by atoms with Gasteiger partial charge in [-0.2, -0.15) is 0 Å². The molecule has 0 saturated carbocycles. The predicted octanol–water partition coefficient (Wildman–Crippen LogP) is 1.40. The smallest absolute Gasteiger partial charge is 0.0948 e. The zero-order valence-corrected chi connectivity index (χ0v) is 12.1. The molecule has 1 atom stereocenters. The van der Waals surface area contributed by atoms with E-state index in [9.17, 15) is 0 Å². The first-order chi connectivity index (χ1) is 9.30. The molecule has 1 saturated heterocycles. The molecule has 1 aliphatic heterocycles. The zero-order valence-electron chi connectivity index (χ0n) is 12.1. The predicted molar refractivity (Wildman–Crippen MR) is 75.9 cm³/mol. The summed E-state index contributed by atoms with van der Waals surface area (Å²) in [5.41, 5.74) is 7.26. The Balaban J connectivity index is 2.05. The lowest BCUT2D eigenvalue weighted by Gasteiger charge is -2.36. The molecular formula is C14H26N4O. The fourth-order valence-electron chi connectivity index (χ4n) is 2.92. The lowest BCUT2D eigenvalue weighted by Crippen LogP contribution is -2.42. The summed E-state index contributed by atoms with van der Waals surface area (Å²) in [5, 5.41) is 0. The highest BCUT2D eigenvalue weighted by atomic mass is 16.5. The molecule has 108 valence electrons. The van der Waals surface area contributed by atoms with Crippen molar-refractivity contribution in [2.75, 3.05) is 26.7 Å². The van der Waals surface area contributed by atoms with E-state index in [1.165, 1.54) is 5.69 Å². The van der Waals surface area contributed by atoms with E-state index in [0.29, 0.717) is 12.6 Å². The Hall–Kier alpha value is -0.910. The van der Waals surface area contributed by atoms with Gasteiger partial charge in [0.05, 0.1) is 24.2 Å². The van der Waals surface area contributed by atoms with Crippen LogP contribution in [0.2, 0.25) is 0 Å². The third-order valence-electron chi connectivity index (χ3n) is 4.02. The van der Waals surface area contributed by atoms with Gasteiger partial charge < -0.3 is 15.0 Å². The summed E-state index contributed by atoms with van der Waals surface area (Å²) in [4.78, 5) is 6.76. The van der Waals surface area contributed by atoms with Crippen molar-refractivity contribution in [3.8, 4) is 0 Å². The van der Waals surface area contributed by atoms with Crippen LogP contribution in [0.15, 0.2) is 12.5 Å². The molecule has 0 amide bonds. The Kier molecular flexibility index (Phi) is 5.36. The Bertz CT molecular complexity index is 371. The quantitative estimate of drug-likeness (QED) is 0.845. The maximum atomic E-state index is 6.01. The van der Waals surface area contributed by atoms with Gasteiger partial charge in [0.2, 0.25) is 0 Å². The summed E-state index contributed by atoms with van der Waals surface area (Å²) >= 11 is 0. The molecule has 0 aliphatic carbocycles. The molecule has 2 heterocycles. The second-order valence-electron chi connectivity index (χ2n) is 5.23. The van der Waals surface area contributed by atoms with Crippen molar-refractivity contribution in [3.05, 3.63) is 18.2 Å². The van der Waals surface area contributed by atoms with E-state index in [4.69, 9.17) is 10.5 Å². The summed E-state index contributed by atoms with van der Waals surface area (Å²) in [7, 11) is 1.80. The van der Waals surface area contributed by atoms with E-state index in [2.05, 4.69) is 21.4 Å². The first kappa shape index (κ1) is 14.5. The molecule has 0 radical (unpaired) electrons. The Morgan fingerprint density at radius 2 is 2.21 bits per heavy atom. The maximum absolute atomic E-state index is 6.01. The van der Waals surface area contributed by atoms with E-state index in [0.717, 1.165) is 38.9 Å². The van der Waals surface area contributed by atoms with Crippen molar-refractivity contribution >= 4 is 0 Å². The van der Waals surface area contributed by atoms with Gasteiger partial charge in [-0.15, -0.1) is 0 Å². The molecule has 5 nitrogen and oxygen atoms in total. The van der Waals surface area contributed by atoms with Crippen LogP contribution in [0.25, 0.3) is 0 Å². The van der Waals surface area contributed by atoms with Crippen LogP contribution in [0.4, 0.5) is 0 Å². The standard InChI is InChI=1S/C14H26N4O/c1-3-6-18-11-16-10-14(18)13(9-15)17-7-4-12(19-2)5-8-17/h10-13H,3-9,15H2,1-2H3. The van der Waals surface area contributed by atoms with Gasteiger partial charge in [0.25, 0.3) is 0 Å². The minimum Gasteiger partial charge on any atom is -0.381 e. The number of nitrogens with zero attached hydrogens (tertiary/aromatic N) is 3. The van der Waals surface area contributed by atoms with E-state index < -0.39 is 0 Å². The van der Waals surface area contributed by atoms with Crippen LogP contribution in [0, 0.1) is 0 Å². The first-order valence-corrected chi connectivity index (χ1v) is 7.27. The number of aromatic nitrogens is 2. The summed E-state index contributed by atoms with van der Waals surface area (Å²) in [6.45, 7) is 5.95. The third kappa shape index (κ3) is 3.35. The number of hydrogen-bond donors (Lipinski definition) is 1. The number of imidazole rings is 1. The normalized spacial score (nSPS) is 19.7. The average molecular weight is 266 g/mol. The van der Waals surface area contributed by atoms with Crippen molar-refractivity contribution in [3.63, 3.8) is 0 Å². The fourth-order valence-corrected chi connectivity index (χ4v) is 2.92. The molecule has 0 bridgehead atoms. The third-order valence-corrected chi connectivity index (χ3v) is 4.02. The molecule has 1 unspecified atom stereocenters. The number of ether oxygens (including phenoxy) is 1. The highest BCUT2D eigenvalue weighted by Crippen LogP contribution is 2.24. The van der Waals surface area contributed by atoms with Crippen LogP contribution in [0.5, 0.6) is 0 Å². The topological polar surface area (TPSA) is 56.3 Å². The molecule has 1 aromatic heterocycles. The highest BCUT2D eigenvalue weighted by Gasteiger charge is 2.26. The maximum Gasteiger partial charge on any atom is 0.0948 e. The zero-order chi connectivity index (χ0) is 13.7. The number of rotatable bonds is 6. The average Bonchev–Trinajstić information content (AvgIpc) is 2.89. The van der Waals surface area contributed by atoms with Crippen molar-refractivity contribution in [2.45, 2.75) is 44.9 Å². The molecule has 1 fully saturated rings. The second kappa shape index (κ2) is 7.03. The molecule has 1 aromatic rings. The van der Waals surface area contributed by atoms with Crippen LogP contribution in [-0.4, -0.2) is 47.3 Å². The van der Waals surface area contributed by atoms with Crippen molar-refractivity contribution in [1.82, 2.24) is 14.5 Å². The van der Waals surface area contributed by atoms with E-state index in [-0.39, 0.29) is 6.04 Å². The lowest BCUT2D eigenvalue weighted by molar-refractivity contribution is 0.0269. The monoisotopic (exact) mass is 266 g/mol. The van der Waals surface area contributed by atoms with Gasteiger partial charge in [0.15, 0.2) is 0 Å². The molecule has 0 aromatic carbocycles. The van der Waals surface area contributed by atoms with Gasteiger partial charge in [-0.25, -0.2) is 4.98 Å². The number of hydrogen-bond acceptors (Lipinski definition) is 4. The van der Waals surface area contributed by atoms with Gasteiger partial charge in [0.1, 0.15) is 0 Å². The van der Waals surface area contributed by atoms with Crippen LogP contribution >= 0.6 is 0 Å². The highest BCUT2D eigenvalue weighted by molar-refractivity contribution is 5.07. The van der Waals surface area contributed by atoms with Crippen molar-refractivity contribution in [2.24, 2.45) is 5.73 Å². The fraction of sp³-hybridized carbons (Fsp3) is 0.786. The van der Waals surface area contributed by atoms with Gasteiger partial charge in [0, 0.05) is 39.5 Å². The molecule has 0 spiro atoms. The molecule has 2 N–H and O–H groups in total. The Morgan fingerprint density at radius 1 is 1.47 bits per heavy atom. The van der Waals surface area contributed by atoms with E-state index in [1.54, 1.807) is 7.11 Å². The van der Waals surface area contributed by atoms with Crippen LogP contribution < -0.4 is 5.73 Å². The van der Waals surface area contributed by atoms with E-state index in [1.807, 2.05) is 12.5 Å². The number of likely N-dealkylation sites (tertiary alicyclic amines) is 1. The van der Waals surface area contributed by atoms with Gasteiger partial charge in [-0.1, -0.05) is 6.92 Å². The van der Waals surface area contributed by atoms with Gasteiger partial charge >= 0.3 is 0 Å². The van der Waals surface area contributed by atoms with Crippen molar-refractivity contribution < 1.29 is 4.74 Å². The van der Waals surface area contributed by atoms with E-state index >= 15 is 0 Å². The minimum absolute atomic E-state index is 0.284. The summed E-state index contributed by atoms with van der Waals surface area (Å²) < 4.78 is 7.67. The molecule has 19 heavy (non-hydrogen) atoms. The largest absolute Gasteiger partial charge is 0.381 e. The summed E-state index contributed by atoms with van der Waals surface area (Å²) in [5.74, 6) is 0. The van der Waals surface area contributed by atoms with Crippen molar-refractivity contribution in [1.29, 1.82) is 0 Å². The minimum atomic E-state index is 0.284. The molecule has 5 heteroatoms. The second-order valence-corrected chi connectivity index (χ2v) is 5.23. The number of nitrogens with two attached hydrogens (primary N) is 1. The molecule has 1 aliphatic rings. The van der Waals surface area contributed by atoms with Gasteiger partial charge in [-0.3, -0.25) is 4.90 Å². The lowest BCUT2D eigenvalue weighted by atomic mass is 10.0. The molecule has 2 rings (SSSR count). The Morgan fingerprint density at radius 3 is 2.79 bits per heavy atom.